The molecule has 2 atom stereocenters. The minimum atomic E-state index is -0.578. The molecule has 1 heterocycles. The first-order valence-electron chi connectivity index (χ1n) is 10.8. The molecule has 6 nitrogen and oxygen atoms in total. The molecule has 0 aromatic heterocycles. The zero-order valence-electron chi connectivity index (χ0n) is 16.7. The maximum atomic E-state index is 13.5. The zero-order valence-corrected chi connectivity index (χ0v) is 17.5. The number of fused-ring (bicyclic) bond motifs is 1. The van der Waals surface area contributed by atoms with Crippen LogP contribution in [0.15, 0.2) is 18.2 Å². The number of hydrogen-bond donors (Lipinski definition) is 1. The van der Waals surface area contributed by atoms with Gasteiger partial charge in [0.1, 0.15) is 17.7 Å². The Morgan fingerprint density at radius 1 is 1.33 bits per heavy atom. The molecule has 1 saturated heterocycles. The Hall–Kier alpha value is -2.02. The van der Waals surface area contributed by atoms with Crippen LogP contribution in [0, 0.1) is 23.6 Å². The molecule has 2 unspecified atom stereocenters. The van der Waals surface area contributed by atoms with E-state index in [1.807, 2.05) is 4.90 Å². The lowest BCUT2D eigenvalue weighted by Gasteiger charge is -2.39. The Balaban J connectivity index is 1.11. The highest BCUT2D eigenvalue weighted by molar-refractivity contribution is 6.30. The molecule has 8 heteroatoms. The van der Waals surface area contributed by atoms with Gasteiger partial charge in [-0.15, -0.1) is 0 Å². The summed E-state index contributed by atoms with van der Waals surface area (Å²) in [6.45, 7) is 1.31. The number of carbonyl (C=O) groups is 2. The first-order chi connectivity index (χ1) is 14.4. The highest BCUT2D eigenvalue weighted by Crippen LogP contribution is 2.57. The summed E-state index contributed by atoms with van der Waals surface area (Å²) in [5.41, 5.74) is -0.227. The molecular weight excluding hydrogens is 411 g/mol. The summed E-state index contributed by atoms with van der Waals surface area (Å²) in [6.07, 6.45) is 6.08. The van der Waals surface area contributed by atoms with Gasteiger partial charge in [0.25, 0.3) is 5.91 Å². The Morgan fingerprint density at radius 3 is 2.83 bits per heavy atom. The van der Waals surface area contributed by atoms with Crippen LogP contribution in [0.1, 0.15) is 38.5 Å². The van der Waals surface area contributed by atoms with Crippen molar-refractivity contribution >= 4 is 23.6 Å². The van der Waals surface area contributed by atoms with Crippen molar-refractivity contribution in [3.05, 3.63) is 29.0 Å². The van der Waals surface area contributed by atoms with Gasteiger partial charge in [0.2, 0.25) is 0 Å². The smallest absolute Gasteiger partial charge is 0.410 e. The van der Waals surface area contributed by atoms with E-state index in [4.69, 9.17) is 21.1 Å². The Bertz CT molecular complexity index is 856. The molecule has 2 bridgehead atoms. The molecule has 4 saturated carbocycles. The molecule has 162 valence electrons. The number of ether oxygens (including phenoxy) is 2. The lowest BCUT2D eigenvalue weighted by atomic mass is 9.75. The molecule has 4 aliphatic carbocycles. The molecule has 1 N–H and O–H groups in total. The van der Waals surface area contributed by atoms with E-state index < -0.39 is 5.82 Å². The third kappa shape index (κ3) is 3.72. The fourth-order valence-electron chi connectivity index (χ4n) is 5.56. The monoisotopic (exact) mass is 436 g/mol. The first kappa shape index (κ1) is 19.9. The maximum Gasteiger partial charge on any atom is 0.410 e. The Kier molecular flexibility index (Phi) is 5.04. The van der Waals surface area contributed by atoms with Gasteiger partial charge in [-0.3, -0.25) is 4.79 Å². The topological polar surface area (TPSA) is 67.9 Å². The molecular formula is C22H26ClFN2O4. The van der Waals surface area contributed by atoms with Crippen molar-refractivity contribution in [1.82, 2.24) is 10.2 Å². The lowest BCUT2D eigenvalue weighted by molar-refractivity contribution is -0.125. The number of hydrogen-bond acceptors (Lipinski definition) is 4. The maximum absolute atomic E-state index is 13.5. The van der Waals surface area contributed by atoms with E-state index in [1.54, 1.807) is 0 Å². The fraction of sp³-hybridized carbons (Fsp3) is 0.636. The quantitative estimate of drug-likeness (QED) is 0.706. The molecule has 6 rings (SSSR count). The summed E-state index contributed by atoms with van der Waals surface area (Å²) in [5.74, 6) is 0.883. The van der Waals surface area contributed by atoms with E-state index in [2.05, 4.69) is 5.32 Å². The van der Waals surface area contributed by atoms with Crippen LogP contribution in [0.5, 0.6) is 5.75 Å². The number of cyclic esters (lactones) is 1. The minimum absolute atomic E-state index is 0.0158. The first-order valence-corrected chi connectivity index (χ1v) is 11.1. The van der Waals surface area contributed by atoms with Crippen molar-refractivity contribution < 1.29 is 23.5 Å². The lowest BCUT2D eigenvalue weighted by Crippen LogP contribution is -2.53. The third-order valence-corrected chi connectivity index (χ3v) is 7.60. The number of nitrogens with zero attached hydrogens (tertiary/aromatic N) is 1. The van der Waals surface area contributed by atoms with Gasteiger partial charge in [0.15, 0.2) is 6.61 Å². The molecule has 5 aliphatic rings. The predicted molar refractivity (Wildman–Crippen MR) is 108 cm³/mol. The van der Waals surface area contributed by atoms with E-state index >= 15 is 0 Å². The van der Waals surface area contributed by atoms with Crippen molar-refractivity contribution in [1.29, 1.82) is 0 Å². The SMILES string of the molecule is O=C(COc1ccc(Cl)c(F)c1)NC12CC(C1)C(C1CN(CC3CCC3)C(=O)O1)C2. The predicted octanol–water partition coefficient (Wildman–Crippen LogP) is 3.76. The summed E-state index contributed by atoms with van der Waals surface area (Å²) < 4.78 is 24.6. The average molecular weight is 437 g/mol. The van der Waals surface area contributed by atoms with E-state index in [-0.39, 0.29) is 41.0 Å². The largest absolute Gasteiger partial charge is 0.484 e. The van der Waals surface area contributed by atoms with E-state index in [9.17, 15) is 14.0 Å². The summed E-state index contributed by atoms with van der Waals surface area (Å²) in [7, 11) is 0. The van der Waals surface area contributed by atoms with Crippen molar-refractivity contribution in [2.45, 2.75) is 50.2 Å². The summed E-state index contributed by atoms with van der Waals surface area (Å²) in [5, 5.41) is 3.12. The number of halogens is 2. The third-order valence-electron chi connectivity index (χ3n) is 7.29. The zero-order chi connectivity index (χ0) is 20.9. The van der Waals surface area contributed by atoms with Crippen LogP contribution in [0.25, 0.3) is 0 Å². The molecule has 1 aromatic carbocycles. The molecule has 1 aliphatic heterocycles. The molecule has 0 spiro atoms. The number of benzene rings is 1. The number of carbonyl (C=O) groups excluding carboxylic acids is 2. The number of amides is 2. The second kappa shape index (κ2) is 7.59. The van der Waals surface area contributed by atoms with Crippen LogP contribution >= 0.6 is 11.6 Å². The Labute approximate surface area is 180 Å². The normalized spacial score (nSPS) is 32.4. The Morgan fingerprint density at radius 2 is 2.13 bits per heavy atom. The van der Waals surface area contributed by atoms with Gasteiger partial charge in [-0.1, -0.05) is 18.0 Å². The molecule has 5 fully saturated rings. The van der Waals surface area contributed by atoms with Crippen molar-refractivity contribution in [2.24, 2.45) is 17.8 Å². The summed E-state index contributed by atoms with van der Waals surface area (Å²) in [4.78, 5) is 26.5. The van der Waals surface area contributed by atoms with Gasteiger partial charge in [0.05, 0.1) is 11.6 Å². The van der Waals surface area contributed by atoms with Crippen LogP contribution in [-0.2, 0) is 9.53 Å². The minimum Gasteiger partial charge on any atom is -0.484 e. The van der Waals surface area contributed by atoms with Gasteiger partial charge in [-0.05, 0) is 56.1 Å². The fourth-order valence-corrected chi connectivity index (χ4v) is 5.68. The van der Waals surface area contributed by atoms with Gasteiger partial charge in [0, 0.05) is 24.1 Å². The number of nitrogens with one attached hydrogen (secondary N) is 1. The van der Waals surface area contributed by atoms with Crippen LogP contribution < -0.4 is 10.1 Å². The van der Waals surface area contributed by atoms with Crippen LogP contribution in [0.2, 0.25) is 5.02 Å². The van der Waals surface area contributed by atoms with Gasteiger partial charge in [-0.2, -0.15) is 0 Å². The number of rotatable bonds is 7. The highest BCUT2D eigenvalue weighted by Gasteiger charge is 2.60. The van der Waals surface area contributed by atoms with Crippen LogP contribution in [0.4, 0.5) is 9.18 Å². The van der Waals surface area contributed by atoms with E-state index in [1.165, 1.54) is 37.5 Å². The summed E-state index contributed by atoms with van der Waals surface area (Å²) in [6, 6.07) is 4.10. The van der Waals surface area contributed by atoms with E-state index in [0.717, 1.165) is 25.8 Å². The van der Waals surface area contributed by atoms with Crippen molar-refractivity contribution in [2.75, 3.05) is 19.7 Å². The average Bonchev–Trinajstić information content (AvgIpc) is 3.30. The second-order valence-corrected chi connectivity index (χ2v) is 9.76. The molecule has 0 radical (unpaired) electrons. The van der Waals surface area contributed by atoms with Crippen LogP contribution in [0.3, 0.4) is 0 Å². The molecule has 1 aromatic rings. The molecule has 30 heavy (non-hydrogen) atoms. The van der Waals surface area contributed by atoms with Crippen molar-refractivity contribution in [3.63, 3.8) is 0 Å². The van der Waals surface area contributed by atoms with Crippen LogP contribution in [-0.4, -0.2) is 48.2 Å². The van der Waals surface area contributed by atoms with Crippen molar-refractivity contribution in [3.8, 4) is 5.75 Å². The van der Waals surface area contributed by atoms with Gasteiger partial charge in [-0.25, -0.2) is 9.18 Å². The second-order valence-electron chi connectivity index (χ2n) is 9.35. The molecule has 2 amide bonds. The van der Waals surface area contributed by atoms with Gasteiger partial charge < -0.3 is 19.7 Å². The standard InChI is InChI=1S/C22H26ClFN2O4/c23-17-5-4-15(6-18(17)24)29-12-20(27)25-22-7-14(8-22)16(9-22)19-11-26(21(28)30-19)10-13-2-1-3-13/h4-6,13-14,16,19H,1-3,7-12H2,(H,25,27). The van der Waals surface area contributed by atoms with E-state index in [0.29, 0.717) is 24.3 Å². The highest BCUT2D eigenvalue weighted by atomic mass is 35.5. The van der Waals surface area contributed by atoms with Gasteiger partial charge >= 0.3 is 6.09 Å². The summed E-state index contributed by atoms with van der Waals surface area (Å²) >= 11 is 5.66.